The summed E-state index contributed by atoms with van der Waals surface area (Å²) < 4.78 is 5.15. The summed E-state index contributed by atoms with van der Waals surface area (Å²) in [5.41, 5.74) is 4.04. The molecule has 0 radical (unpaired) electrons. The molecule has 4 rings (SSSR count). The Labute approximate surface area is 164 Å². The normalized spacial score (nSPS) is 12.5. The van der Waals surface area contributed by atoms with Gasteiger partial charge in [0.15, 0.2) is 0 Å². The number of methoxy groups -OCH3 is 1. The Hall–Kier alpha value is -3.41. The van der Waals surface area contributed by atoms with Crippen molar-refractivity contribution in [1.29, 1.82) is 0 Å². The zero-order valence-corrected chi connectivity index (χ0v) is 15.8. The minimum absolute atomic E-state index is 0.165. The summed E-state index contributed by atoms with van der Waals surface area (Å²) in [5, 5.41) is 2.92. The van der Waals surface area contributed by atoms with Gasteiger partial charge in [-0.15, -0.1) is 0 Å². The number of carbonyl (C=O) groups excluding carboxylic acids is 1. The van der Waals surface area contributed by atoms with Crippen molar-refractivity contribution < 1.29 is 9.53 Å². The molecular formula is C22H22N4O2. The molecule has 1 aromatic heterocycles. The van der Waals surface area contributed by atoms with Crippen LogP contribution in [0.1, 0.15) is 21.5 Å². The molecule has 1 amide bonds. The van der Waals surface area contributed by atoms with E-state index in [0.29, 0.717) is 18.1 Å². The van der Waals surface area contributed by atoms with Crippen LogP contribution < -0.4 is 15.0 Å². The van der Waals surface area contributed by atoms with Crippen molar-refractivity contribution in [3.05, 3.63) is 77.6 Å². The van der Waals surface area contributed by atoms with Crippen LogP contribution in [0.2, 0.25) is 0 Å². The Balaban J connectivity index is 1.34. The lowest BCUT2D eigenvalue weighted by Gasteiger charge is -2.16. The van der Waals surface area contributed by atoms with Crippen LogP contribution in [0.5, 0.6) is 5.75 Å². The molecule has 2 aromatic carbocycles. The van der Waals surface area contributed by atoms with E-state index in [9.17, 15) is 4.79 Å². The van der Waals surface area contributed by atoms with Crippen LogP contribution in [0.25, 0.3) is 0 Å². The molecule has 1 N–H and O–H groups in total. The van der Waals surface area contributed by atoms with Gasteiger partial charge in [0, 0.05) is 31.2 Å². The maximum absolute atomic E-state index is 12.3. The lowest BCUT2D eigenvalue weighted by molar-refractivity contribution is 0.0953. The first-order valence-corrected chi connectivity index (χ1v) is 9.33. The Kier molecular flexibility index (Phi) is 5.19. The number of aromatic nitrogens is 2. The Bertz CT molecular complexity index is 955. The Morgan fingerprint density at radius 2 is 1.86 bits per heavy atom. The number of nitrogens with zero attached hydrogens (tertiary/aromatic N) is 3. The number of carbonyl (C=O) groups is 1. The minimum Gasteiger partial charge on any atom is -0.497 e. The molecule has 1 aliphatic rings. The highest BCUT2D eigenvalue weighted by molar-refractivity contribution is 5.93. The fourth-order valence-corrected chi connectivity index (χ4v) is 3.34. The quantitative estimate of drug-likeness (QED) is 0.718. The number of amides is 1. The molecule has 28 heavy (non-hydrogen) atoms. The number of hydrogen-bond donors (Lipinski definition) is 1. The third-order valence-electron chi connectivity index (χ3n) is 4.89. The van der Waals surface area contributed by atoms with Crippen LogP contribution in [0.3, 0.4) is 0 Å². The number of benzene rings is 2. The number of anilines is 2. The van der Waals surface area contributed by atoms with Crippen LogP contribution in [0.15, 0.2) is 60.9 Å². The zero-order valence-electron chi connectivity index (χ0n) is 15.8. The predicted octanol–water partition coefficient (Wildman–Crippen LogP) is 3.15. The third kappa shape index (κ3) is 3.81. The minimum atomic E-state index is -0.165. The van der Waals surface area contributed by atoms with Gasteiger partial charge in [0.2, 0.25) is 5.95 Å². The fraction of sp³-hybridized carbons (Fsp3) is 0.227. The predicted molar refractivity (Wildman–Crippen MR) is 108 cm³/mol. The van der Waals surface area contributed by atoms with Gasteiger partial charge in [0.05, 0.1) is 12.7 Å². The maximum atomic E-state index is 12.3. The largest absolute Gasteiger partial charge is 0.497 e. The lowest BCUT2D eigenvalue weighted by Crippen LogP contribution is -2.26. The van der Waals surface area contributed by atoms with Crippen molar-refractivity contribution in [2.45, 2.75) is 12.8 Å². The number of para-hydroxylation sites is 1. The van der Waals surface area contributed by atoms with Crippen molar-refractivity contribution in [1.82, 2.24) is 15.3 Å². The summed E-state index contributed by atoms with van der Waals surface area (Å²) in [5.74, 6) is 1.28. The molecule has 0 spiro atoms. The van der Waals surface area contributed by atoms with Crippen molar-refractivity contribution in [3.63, 3.8) is 0 Å². The molecule has 1 aliphatic heterocycles. The van der Waals surface area contributed by atoms with Crippen LogP contribution in [-0.2, 0) is 12.8 Å². The number of ether oxygens (including phenoxy) is 1. The number of hydrogen-bond acceptors (Lipinski definition) is 5. The molecule has 2 heterocycles. The molecule has 0 aliphatic carbocycles. The van der Waals surface area contributed by atoms with Gasteiger partial charge in [-0.05, 0) is 42.2 Å². The molecule has 6 heteroatoms. The summed E-state index contributed by atoms with van der Waals surface area (Å²) >= 11 is 0. The van der Waals surface area contributed by atoms with E-state index >= 15 is 0 Å². The van der Waals surface area contributed by atoms with E-state index in [4.69, 9.17) is 4.74 Å². The van der Waals surface area contributed by atoms with Crippen molar-refractivity contribution >= 4 is 17.5 Å². The summed E-state index contributed by atoms with van der Waals surface area (Å²) in [4.78, 5) is 23.2. The van der Waals surface area contributed by atoms with Gasteiger partial charge < -0.3 is 15.0 Å². The van der Waals surface area contributed by atoms with Gasteiger partial charge in [-0.25, -0.2) is 9.97 Å². The van der Waals surface area contributed by atoms with E-state index in [0.717, 1.165) is 36.4 Å². The van der Waals surface area contributed by atoms with Crippen LogP contribution in [-0.4, -0.2) is 36.1 Å². The molecule has 142 valence electrons. The SMILES string of the molecule is COc1ccc(CCNC(=O)c2cnc(N3CCc4ccccc43)nc2)cc1. The lowest BCUT2D eigenvalue weighted by atomic mass is 10.1. The molecule has 0 saturated heterocycles. The van der Waals surface area contributed by atoms with Crippen molar-refractivity contribution in [2.75, 3.05) is 25.1 Å². The molecule has 0 fully saturated rings. The maximum Gasteiger partial charge on any atom is 0.254 e. The molecule has 3 aromatic rings. The first-order valence-electron chi connectivity index (χ1n) is 9.33. The van der Waals surface area contributed by atoms with Gasteiger partial charge in [0.25, 0.3) is 5.91 Å². The number of rotatable bonds is 6. The number of nitrogens with one attached hydrogen (secondary N) is 1. The van der Waals surface area contributed by atoms with Crippen LogP contribution in [0, 0.1) is 0 Å². The Morgan fingerprint density at radius 3 is 2.61 bits per heavy atom. The van der Waals surface area contributed by atoms with Crippen LogP contribution >= 0.6 is 0 Å². The highest BCUT2D eigenvalue weighted by Gasteiger charge is 2.21. The van der Waals surface area contributed by atoms with Gasteiger partial charge in [0.1, 0.15) is 5.75 Å². The summed E-state index contributed by atoms with van der Waals surface area (Å²) in [6, 6.07) is 16.1. The topological polar surface area (TPSA) is 67.3 Å². The second kappa shape index (κ2) is 8.08. The number of fused-ring (bicyclic) bond motifs is 1. The highest BCUT2D eigenvalue weighted by Crippen LogP contribution is 2.31. The summed E-state index contributed by atoms with van der Waals surface area (Å²) in [6.45, 7) is 1.40. The molecule has 0 unspecified atom stereocenters. The zero-order chi connectivity index (χ0) is 19.3. The molecule has 6 nitrogen and oxygen atoms in total. The van der Waals surface area contributed by atoms with Gasteiger partial charge in [-0.2, -0.15) is 0 Å². The van der Waals surface area contributed by atoms with E-state index < -0.39 is 0 Å². The standard InChI is InChI=1S/C22H22N4O2/c1-28-19-8-6-16(7-9-19)10-12-23-21(27)18-14-24-22(25-15-18)26-13-11-17-4-2-3-5-20(17)26/h2-9,14-15H,10-13H2,1H3,(H,23,27). The highest BCUT2D eigenvalue weighted by atomic mass is 16.5. The Morgan fingerprint density at radius 1 is 1.11 bits per heavy atom. The van der Waals surface area contributed by atoms with E-state index in [1.807, 2.05) is 36.4 Å². The third-order valence-corrected chi connectivity index (χ3v) is 4.89. The van der Waals surface area contributed by atoms with E-state index in [1.54, 1.807) is 19.5 Å². The smallest absolute Gasteiger partial charge is 0.254 e. The summed E-state index contributed by atoms with van der Waals surface area (Å²) in [7, 11) is 1.64. The van der Waals surface area contributed by atoms with Crippen molar-refractivity contribution in [2.24, 2.45) is 0 Å². The first-order chi connectivity index (χ1) is 13.7. The first kappa shape index (κ1) is 18.0. The monoisotopic (exact) mass is 374 g/mol. The molecular weight excluding hydrogens is 352 g/mol. The van der Waals surface area contributed by atoms with E-state index in [-0.39, 0.29) is 5.91 Å². The van der Waals surface area contributed by atoms with E-state index in [1.165, 1.54) is 5.56 Å². The van der Waals surface area contributed by atoms with Gasteiger partial charge in [-0.1, -0.05) is 30.3 Å². The second-order valence-electron chi connectivity index (χ2n) is 6.66. The van der Waals surface area contributed by atoms with Gasteiger partial charge >= 0.3 is 0 Å². The molecule has 0 atom stereocenters. The van der Waals surface area contributed by atoms with Crippen molar-refractivity contribution in [3.8, 4) is 5.75 Å². The van der Waals surface area contributed by atoms with Crippen LogP contribution in [0.4, 0.5) is 11.6 Å². The average molecular weight is 374 g/mol. The summed E-state index contributed by atoms with van der Waals surface area (Å²) in [6.07, 6.45) is 4.91. The average Bonchev–Trinajstić information content (AvgIpc) is 3.18. The molecule has 0 bridgehead atoms. The van der Waals surface area contributed by atoms with Gasteiger partial charge in [-0.3, -0.25) is 4.79 Å². The fourth-order valence-electron chi connectivity index (χ4n) is 3.34. The molecule has 0 saturated carbocycles. The van der Waals surface area contributed by atoms with E-state index in [2.05, 4.69) is 32.3 Å². The second-order valence-corrected chi connectivity index (χ2v) is 6.66.